The van der Waals surface area contributed by atoms with Crippen LogP contribution in [0.1, 0.15) is 56.2 Å². The number of benzene rings is 5. The first-order valence-corrected chi connectivity index (χ1v) is 36.3. The highest BCUT2D eigenvalue weighted by Gasteiger charge is 2.24. The fourth-order valence-corrected chi connectivity index (χ4v) is 13.6. The first-order chi connectivity index (χ1) is 43.0. The van der Waals surface area contributed by atoms with Crippen molar-refractivity contribution in [2.75, 3.05) is 46.0 Å². The minimum absolute atomic E-state index is 0.00245. The van der Waals surface area contributed by atoms with Crippen molar-refractivity contribution in [3.05, 3.63) is 94.5 Å². The number of thioether (sulfide) groups is 2. The van der Waals surface area contributed by atoms with Gasteiger partial charge in [-0.3, -0.25) is 36.8 Å². The van der Waals surface area contributed by atoms with Crippen LogP contribution in [0.3, 0.4) is 0 Å². The summed E-state index contributed by atoms with van der Waals surface area (Å²) in [4.78, 5) is 29.0. The molecule has 0 atom stereocenters. The molecule has 0 bridgehead atoms. The second-order valence-corrected chi connectivity index (χ2v) is 29.7. The number of nitrogens with one attached hydrogen (secondary N) is 2. The third kappa shape index (κ3) is 19.8. The van der Waals surface area contributed by atoms with Gasteiger partial charge in [-0.1, -0.05) is 11.6 Å². The van der Waals surface area contributed by atoms with Crippen LogP contribution in [-0.2, 0) is 60.2 Å². The first-order valence-electron chi connectivity index (χ1n) is 26.3. The number of unbranched alkanes of at least 4 members (excludes halogenated alkanes) is 1. The van der Waals surface area contributed by atoms with E-state index in [1.165, 1.54) is 69.3 Å². The number of ether oxygens (including phenoxy) is 1. The monoisotopic (exact) mass is 1420 g/mol. The number of halogens is 1. The van der Waals surface area contributed by atoms with Crippen molar-refractivity contribution in [1.29, 1.82) is 5.26 Å². The van der Waals surface area contributed by atoms with Gasteiger partial charge in [0, 0.05) is 35.3 Å². The molecule has 0 unspecified atom stereocenters. The molecule has 0 saturated carbocycles. The smallest absolute Gasteiger partial charge is 0.296 e. The minimum atomic E-state index is -4.80. The number of imidazole rings is 1. The summed E-state index contributed by atoms with van der Waals surface area (Å²) in [5.41, 5.74) is 0.0783. The molecule has 5 aromatic carbocycles. The first kappa shape index (κ1) is 71.5. The van der Waals surface area contributed by atoms with Crippen molar-refractivity contribution in [3.8, 4) is 17.7 Å². The summed E-state index contributed by atoms with van der Waals surface area (Å²) >= 11 is 8.01. The molecule has 0 aliphatic heterocycles. The number of anilines is 2. The lowest BCUT2D eigenvalue weighted by molar-refractivity contribution is -0.115. The molecular weight excluding hydrogens is 1370 g/mol. The third-order valence-electron chi connectivity index (χ3n) is 12.4. The Morgan fingerprint density at radius 1 is 0.620 bits per heavy atom. The van der Waals surface area contributed by atoms with Gasteiger partial charge in [0.25, 0.3) is 50.6 Å². The molecule has 0 saturated heterocycles. The van der Waals surface area contributed by atoms with E-state index in [1.54, 1.807) is 6.92 Å². The van der Waals surface area contributed by atoms with Crippen LogP contribution in [0.4, 0.5) is 56.9 Å². The van der Waals surface area contributed by atoms with Crippen LogP contribution in [0.2, 0.25) is 5.02 Å². The van der Waals surface area contributed by atoms with Gasteiger partial charge in [0.05, 0.1) is 67.6 Å². The molecule has 0 fully saturated rings. The van der Waals surface area contributed by atoms with Crippen LogP contribution in [-0.4, -0.2) is 127 Å². The van der Waals surface area contributed by atoms with Gasteiger partial charge in [0.1, 0.15) is 50.7 Å². The van der Waals surface area contributed by atoms with Crippen LogP contribution in [0, 0.1) is 25.2 Å². The van der Waals surface area contributed by atoms with Gasteiger partial charge in [-0.15, -0.1) is 54.2 Å². The average molecular weight is 1420 g/mol. The van der Waals surface area contributed by atoms with E-state index in [2.05, 4.69) is 56.5 Å². The number of aromatic hydroxyl groups is 1. The van der Waals surface area contributed by atoms with Crippen molar-refractivity contribution in [3.63, 3.8) is 0 Å². The van der Waals surface area contributed by atoms with E-state index in [-0.39, 0.29) is 149 Å². The lowest BCUT2D eigenvalue weighted by Gasteiger charge is -2.13. The highest BCUT2D eigenvalue weighted by molar-refractivity contribution is 7.99. The SMILES string of the molecule is CC(=O)Nc1cc(N=Nc2cc(SCCCS(=O)(=O)O)c(N=Nc3cc(OCCCCS(=O)(=O)O)c(N=Nc4c(C)c(C#N)c5nc6cc(S(=O)(=O)O)ccc6n5c4O)cc3C)cc2NC(C)=O)c(SCCCS(=O)(=O)O)cc1N=Nc1ccc(Cl)c(S(=O)(=O)O)c1. The van der Waals surface area contributed by atoms with Gasteiger partial charge >= 0.3 is 0 Å². The summed E-state index contributed by atoms with van der Waals surface area (Å²) in [5, 5.41) is 61.6. The number of rotatable bonds is 28. The average Bonchev–Trinajstić information content (AvgIpc) is 1.57. The molecule has 0 aliphatic rings. The van der Waals surface area contributed by atoms with Gasteiger partial charge in [-0.2, -0.15) is 57.6 Å². The standard InChI is InChI=1S/C52H52ClN13O19S7/c1-28-19-42(62-65-50-29(2)34(27-54)51-57-41-21-33(91(79,80)81)10-12-45(41)66(51)52(50)69)46(85-13-5-6-16-88(70,71)72)24-36(28)59-63-43-23-38(56-31(4)68)40(26-48(43)87-15-8-18-90(76,77)78)61-64-44-22-37(55-30(3)67)39(25-47(44)86-14-7-17-89(73,74)75)60-58-32-9-11-35(53)49(20-32)92(82,83)84/h9-12,19-26,69H,5-8,13-18H2,1-4H3,(H,55,67)(H,56,68)(H,70,71,72)(H,73,74,75)(H,76,77,78)(H,79,80,81)(H,82,83,84). The fourth-order valence-electron chi connectivity index (χ4n) is 8.23. The van der Waals surface area contributed by atoms with Crippen LogP contribution < -0.4 is 15.4 Å². The van der Waals surface area contributed by atoms with E-state index in [9.17, 15) is 84.8 Å². The van der Waals surface area contributed by atoms with E-state index < -0.39 is 95.3 Å². The number of aromatic nitrogens is 2. The molecular formula is C52H52ClN13O19S7. The topological polar surface area (TPSA) is 499 Å². The molecule has 32 nitrogen and oxygen atoms in total. The number of carbonyl (C=O) groups is 2. The summed E-state index contributed by atoms with van der Waals surface area (Å²) in [6, 6.07) is 17.0. The fraction of sp³-hybridized carbons (Fsp3) is 0.269. The quantitative estimate of drug-likeness (QED) is 0.00977. The Labute approximate surface area is 538 Å². The van der Waals surface area contributed by atoms with Crippen molar-refractivity contribution in [1.82, 2.24) is 9.38 Å². The van der Waals surface area contributed by atoms with Crippen molar-refractivity contribution < 1.29 is 84.3 Å². The zero-order chi connectivity index (χ0) is 67.7. The highest BCUT2D eigenvalue weighted by atomic mass is 35.5. The Bertz CT molecular complexity index is 4870. The van der Waals surface area contributed by atoms with Gasteiger partial charge in [0.2, 0.25) is 17.7 Å². The van der Waals surface area contributed by atoms with E-state index in [4.69, 9.17) is 16.3 Å². The van der Waals surface area contributed by atoms with Gasteiger partial charge < -0.3 is 20.5 Å². The number of carbonyl (C=O) groups excluding carboxylic acids is 2. The molecule has 2 aromatic heterocycles. The normalized spacial score (nSPS) is 12.7. The van der Waals surface area contributed by atoms with E-state index in [1.807, 2.05) is 6.07 Å². The number of azo groups is 4. The molecule has 0 aliphatic carbocycles. The number of hydrogen-bond donors (Lipinski definition) is 8. The maximum Gasteiger partial charge on any atom is 0.296 e. The maximum absolute atomic E-state index is 12.8. The summed E-state index contributed by atoms with van der Waals surface area (Å²) in [6.45, 7) is 5.24. The molecule has 488 valence electrons. The van der Waals surface area contributed by atoms with Crippen LogP contribution in [0.25, 0.3) is 16.7 Å². The lowest BCUT2D eigenvalue weighted by Crippen LogP contribution is -2.06. The van der Waals surface area contributed by atoms with Crippen molar-refractivity contribution in [2.45, 2.75) is 73.0 Å². The molecule has 7 aromatic rings. The predicted octanol–water partition coefficient (Wildman–Crippen LogP) is 12.2. The zero-order valence-electron chi connectivity index (χ0n) is 48.1. The minimum Gasteiger partial charge on any atom is -0.493 e. The molecule has 8 N–H and O–H groups in total. The van der Waals surface area contributed by atoms with Gasteiger partial charge in [0.15, 0.2) is 11.3 Å². The molecule has 7 rings (SSSR count). The molecule has 2 amide bonds. The van der Waals surface area contributed by atoms with E-state index in [0.29, 0.717) is 5.56 Å². The molecule has 0 radical (unpaired) electrons. The Hall–Kier alpha value is -7.98. The molecule has 92 heavy (non-hydrogen) atoms. The van der Waals surface area contributed by atoms with E-state index >= 15 is 0 Å². The Morgan fingerprint density at radius 2 is 1.14 bits per heavy atom. The van der Waals surface area contributed by atoms with Crippen molar-refractivity contribution in [2.24, 2.45) is 40.9 Å². The summed E-state index contributed by atoms with van der Waals surface area (Å²) in [7, 11) is -22.6. The number of pyridine rings is 1. The van der Waals surface area contributed by atoms with Crippen LogP contribution in [0.15, 0.2) is 133 Å². The number of nitriles is 1. The summed E-state index contributed by atoms with van der Waals surface area (Å²) in [6.07, 6.45) is -0.109. The highest BCUT2D eigenvalue weighted by Crippen LogP contribution is 2.46. The van der Waals surface area contributed by atoms with E-state index in [0.717, 1.165) is 52.2 Å². The zero-order valence-corrected chi connectivity index (χ0v) is 54.6. The number of aryl methyl sites for hydroxylation is 1. The second-order valence-electron chi connectivity index (χ2n) is 19.5. The Balaban J connectivity index is 1.33. The molecule has 2 heterocycles. The van der Waals surface area contributed by atoms with Crippen molar-refractivity contribution >= 4 is 171 Å². The van der Waals surface area contributed by atoms with Crippen LogP contribution in [0.5, 0.6) is 11.6 Å². The summed E-state index contributed by atoms with van der Waals surface area (Å²) < 4.78 is 172. The lowest BCUT2D eigenvalue weighted by atomic mass is 10.1. The largest absolute Gasteiger partial charge is 0.493 e. The van der Waals surface area contributed by atoms with Gasteiger partial charge in [-0.25, -0.2) is 4.98 Å². The summed E-state index contributed by atoms with van der Waals surface area (Å²) in [5.74, 6) is -3.60. The Morgan fingerprint density at radius 3 is 1.66 bits per heavy atom. The number of hydrogen-bond acceptors (Lipinski definition) is 26. The third-order valence-corrected chi connectivity index (χ3v) is 19.2. The molecule has 40 heteroatoms. The maximum atomic E-state index is 12.8. The Kier molecular flexibility index (Phi) is 23.1. The second kappa shape index (κ2) is 29.7. The molecule has 0 spiro atoms. The predicted molar refractivity (Wildman–Crippen MR) is 339 cm³/mol. The number of nitrogens with zero attached hydrogens (tertiary/aromatic N) is 11. The number of amides is 2. The van der Waals surface area contributed by atoms with Gasteiger partial charge in [-0.05, 0) is 123 Å². The van der Waals surface area contributed by atoms with Crippen LogP contribution >= 0.6 is 35.1 Å². The number of fused-ring (bicyclic) bond motifs is 3.